The van der Waals surface area contributed by atoms with E-state index in [0.29, 0.717) is 25.3 Å². The highest BCUT2D eigenvalue weighted by atomic mass is 32.2. The van der Waals surface area contributed by atoms with Crippen molar-refractivity contribution in [2.24, 2.45) is 5.41 Å². The number of hydrogen-bond donors (Lipinski definition) is 1. The van der Waals surface area contributed by atoms with Gasteiger partial charge in [0.15, 0.2) is 9.84 Å². The van der Waals surface area contributed by atoms with Gasteiger partial charge >= 0.3 is 0 Å². The molecule has 1 saturated heterocycles. The number of rotatable bonds is 0. The van der Waals surface area contributed by atoms with E-state index >= 15 is 0 Å². The molecule has 1 rings (SSSR count). The van der Waals surface area contributed by atoms with E-state index in [2.05, 4.69) is 0 Å². The van der Waals surface area contributed by atoms with Gasteiger partial charge in [-0.1, -0.05) is 20.8 Å². The zero-order valence-electron chi connectivity index (χ0n) is 9.71. The van der Waals surface area contributed by atoms with Gasteiger partial charge in [-0.15, -0.1) is 0 Å². The Hall–Kier alpha value is -0.580. The van der Waals surface area contributed by atoms with Gasteiger partial charge in [-0.25, -0.2) is 8.42 Å². The van der Waals surface area contributed by atoms with E-state index < -0.39 is 9.84 Å². The molecule has 0 aromatic carbocycles. The SMILES string of the molecule is CC(C)(C)C(=N)N1CCCS(=O)(=O)CC1. The molecule has 0 aliphatic carbocycles. The zero-order valence-corrected chi connectivity index (χ0v) is 10.5. The molecule has 15 heavy (non-hydrogen) atoms. The van der Waals surface area contributed by atoms with Crippen LogP contribution < -0.4 is 0 Å². The van der Waals surface area contributed by atoms with Crippen LogP contribution in [0.15, 0.2) is 0 Å². The lowest BCUT2D eigenvalue weighted by molar-refractivity contribution is 0.387. The molecule has 0 atom stereocenters. The largest absolute Gasteiger partial charge is 0.359 e. The molecule has 0 bridgehead atoms. The fraction of sp³-hybridized carbons (Fsp3) is 0.900. The maximum atomic E-state index is 11.4. The predicted molar refractivity (Wildman–Crippen MR) is 62.0 cm³/mol. The standard InChI is InChI=1S/C10H20N2O2S/c1-10(2,3)9(11)12-5-4-7-15(13,14)8-6-12/h11H,4-8H2,1-3H3. The summed E-state index contributed by atoms with van der Waals surface area (Å²) in [6.07, 6.45) is 0.640. The summed E-state index contributed by atoms with van der Waals surface area (Å²) < 4.78 is 22.8. The third-order valence-electron chi connectivity index (χ3n) is 2.58. The average molecular weight is 232 g/mol. The topological polar surface area (TPSA) is 61.2 Å². The molecule has 0 amide bonds. The van der Waals surface area contributed by atoms with Crippen molar-refractivity contribution >= 4 is 15.7 Å². The van der Waals surface area contributed by atoms with Crippen LogP contribution in [0.4, 0.5) is 0 Å². The summed E-state index contributed by atoms with van der Waals surface area (Å²) in [5.41, 5.74) is -0.200. The van der Waals surface area contributed by atoms with Crippen molar-refractivity contribution < 1.29 is 8.42 Å². The number of nitrogens with zero attached hydrogens (tertiary/aromatic N) is 1. The monoisotopic (exact) mass is 232 g/mol. The Balaban J connectivity index is 2.71. The van der Waals surface area contributed by atoms with Crippen LogP contribution in [-0.2, 0) is 9.84 Å². The van der Waals surface area contributed by atoms with Crippen LogP contribution in [0.2, 0.25) is 0 Å². The van der Waals surface area contributed by atoms with Gasteiger partial charge in [0.25, 0.3) is 0 Å². The Labute approximate surface area is 92.1 Å². The summed E-state index contributed by atoms with van der Waals surface area (Å²) in [6, 6.07) is 0. The highest BCUT2D eigenvalue weighted by Crippen LogP contribution is 2.19. The lowest BCUT2D eigenvalue weighted by atomic mass is 9.94. The van der Waals surface area contributed by atoms with Gasteiger partial charge in [-0.05, 0) is 6.42 Å². The summed E-state index contributed by atoms with van der Waals surface area (Å²) in [4.78, 5) is 1.89. The molecule has 4 nitrogen and oxygen atoms in total. The zero-order chi connectivity index (χ0) is 11.7. The normalized spacial score (nSPS) is 22.2. The number of nitrogens with one attached hydrogen (secondary N) is 1. The third kappa shape index (κ3) is 3.48. The van der Waals surface area contributed by atoms with E-state index in [4.69, 9.17) is 5.41 Å². The van der Waals surface area contributed by atoms with E-state index in [1.165, 1.54) is 0 Å². The second-order valence-corrected chi connectivity index (χ2v) is 7.39. The summed E-state index contributed by atoms with van der Waals surface area (Å²) in [7, 11) is -2.87. The highest BCUT2D eigenvalue weighted by molar-refractivity contribution is 7.91. The Morgan fingerprint density at radius 2 is 1.80 bits per heavy atom. The second-order valence-electron chi connectivity index (χ2n) is 5.09. The molecule has 5 heteroatoms. The lowest BCUT2D eigenvalue weighted by Crippen LogP contribution is -2.40. The summed E-state index contributed by atoms with van der Waals surface area (Å²) >= 11 is 0. The average Bonchev–Trinajstić information content (AvgIpc) is 2.23. The molecule has 0 aromatic rings. The molecule has 1 fully saturated rings. The third-order valence-corrected chi connectivity index (χ3v) is 4.30. The fourth-order valence-corrected chi connectivity index (χ4v) is 2.91. The van der Waals surface area contributed by atoms with Crippen molar-refractivity contribution in [3.63, 3.8) is 0 Å². The minimum absolute atomic E-state index is 0.186. The molecule has 0 radical (unpaired) electrons. The Kier molecular flexibility index (Phi) is 3.43. The first-order valence-electron chi connectivity index (χ1n) is 5.27. The van der Waals surface area contributed by atoms with Gasteiger partial charge in [-0.3, -0.25) is 5.41 Å². The molecule has 0 unspecified atom stereocenters. The second kappa shape index (κ2) is 4.12. The molecule has 1 aliphatic heterocycles. The Morgan fingerprint density at radius 3 is 2.33 bits per heavy atom. The maximum Gasteiger partial charge on any atom is 0.152 e. The van der Waals surface area contributed by atoms with Crippen LogP contribution >= 0.6 is 0 Å². The first-order valence-corrected chi connectivity index (χ1v) is 7.09. The number of amidine groups is 1. The van der Waals surface area contributed by atoms with E-state index in [0.717, 1.165) is 0 Å². The van der Waals surface area contributed by atoms with Crippen LogP contribution in [0.5, 0.6) is 0 Å². The van der Waals surface area contributed by atoms with E-state index in [-0.39, 0.29) is 16.9 Å². The smallest absolute Gasteiger partial charge is 0.152 e. The van der Waals surface area contributed by atoms with Crippen molar-refractivity contribution in [1.29, 1.82) is 5.41 Å². The van der Waals surface area contributed by atoms with Gasteiger partial charge in [-0.2, -0.15) is 0 Å². The van der Waals surface area contributed by atoms with Gasteiger partial charge in [0.05, 0.1) is 11.5 Å². The summed E-state index contributed by atoms with van der Waals surface area (Å²) in [6.45, 7) is 7.10. The minimum atomic E-state index is -2.87. The van der Waals surface area contributed by atoms with E-state index in [1.807, 2.05) is 25.7 Å². The van der Waals surface area contributed by atoms with E-state index in [9.17, 15) is 8.42 Å². The van der Waals surface area contributed by atoms with Gasteiger partial charge in [0, 0.05) is 18.5 Å². The minimum Gasteiger partial charge on any atom is -0.359 e. The molecule has 1 aliphatic rings. The van der Waals surface area contributed by atoms with Gasteiger partial charge in [0.1, 0.15) is 5.84 Å². The molecule has 0 saturated carbocycles. The van der Waals surface area contributed by atoms with Crippen molar-refractivity contribution in [3.05, 3.63) is 0 Å². The number of sulfone groups is 1. The Morgan fingerprint density at radius 1 is 1.20 bits per heavy atom. The molecule has 1 heterocycles. The van der Waals surface area contributed by atoms with Crippen LogP contribution in [0.1, 0.15) is 27.2 Å². The van der Waals surface area contributed by atoms with Crippen LogP contribution in [0, 0.1) is 10.8 Å². The van der Waals surface area contributed by atoms with Crippen LogP contribution in [0.25, 0.3) is 0 Å². The molecular weight excluding hydrogens is 212 g/mol. The molecule has 0 aromatic heterocycles. The van der Waals surface area contributed by atoms with Crippen molar-refractivity contribution in [1.82, 2.24) is 4.90 Å². The lowest BCUT2D eigenvalue weighted by Gasteiger charge is -2.31. The van der Waals surface area contributed by atoms with Gasteiger partial charge < -0.3 is 4.90 Å². The fourth-order valence-electron chi connectivity index (χ4n) is 1.64. The van der Waals surface area contributed by atoms with Gasteiger partial charge in [0.2, 0.25) is 0 Å². The maximum absolute atomic E-state index is 11.4. The summed E-state index contributed by atoms with van der Waals surface area (Å²) in [5, 5.41) is 7.99. The Bertz CT molecular complexity index is 341. The van der Waals surface area contributed by atoms with Crippen LogP contribution in [-0.4, -0.2) is 43.7 Å². The number of hydrogen-bond acceptors (Lipinski definition) is 3. The first kappa shape index (κ1) is 12.5. The van der Waals surface area contributed by atoms with Crippen molar-refractivity contribution in [2.45, 2.75) is 27.2 Å². The molecule has 0 spiro atoms. The van der Waals surface area contributed by atoms with Crippen LogP contribution in [0.3, 0.4) is 0 Å². The van der Waals surface area contributed by atoms with Crippen molar-refractivity contribution in [3.8, 4) is 0 Å². The molecular formula is C10H20N2O2S. The summed E-state index contributed by atoms with van der Waals surface area (Å²) in [5.74, 6) is 0.992. The molecule has 1 N–H and O–H groups in total. The predicted octanol–water partition coefficient (Wildman–Crippen LogP) is 1.13. The molecule has 88 valence electrons. The van der Waals surface area contributed by atoms with Crippen molar-refractivity contribution in [2.75, 3.05) is 24.6 Å². The van der Waals surface area contributed by atoms with E-state index in [1.54, 1.807) is 0 Å². The quantitative estimate of drug-likeness (QED) is 0.503. The highest BCUT2D eigenvalue weighted by Gasteiger charge is 2.26. The first-order chi connectivity index (χ1) is 6.72.